The van der Waals surface area contributed by atoms with Crippen molar-refractivity contribution in [2.24, 2.45) is 0 Å². The Balaban J connectivity index is 0.00000121. The second-order valence-corrected chi connectivity index (χ2v) is 4.07. The van der Waals surface area contributed by atoms with Crippen molar-refractivity contribution in [3.8, 4) is 0 Å². The number of aromatic nitrogens is 1. The molecule has 0 fully saturated rings. The van der Waals surface area contributed by atoms with Crippen molar-refractivity contribution in [1.82, 2.24) is 4.98 Å². The van der Waals surface area contributed by atoms with Gasteiger partial charge in [0.15, 0.2) is 0 Å². The van der Waals surface area contributed by atoms with E-state index in [4.69, 9.17) is 0 Å². The summed E-state index contributed by atoms with van der Waals surface area (Å²) in [5.41, 5.74) is 2.68. The third-order valence-electron chi connectivity index (χ3n) is 1.34. The fourth-order valence-corrected chi connectivity index (χ4v) is 2.02. The van der Waals surface area contributed by atoms with Crippen molar-refractivity contribution in [2.45, 2.75) is 13.3 Å². The van der Waals surface area contributed by atoms with Gasteiger partial charge < -0.3 is 4.55 Å². The van der Waals surface area contributed by atoms with E-state index >= 15 is 0 Å². The Labute approximate surface area is 100 Å². The van der Waals surface area contributed by atoms with Gasteiger partial charge in [0.1, 0.15) is 0 Å². The third kappa shape index (κ3) is 4.11. The van der Waals surface area contributed by atoms with Crippen LogP contribution in [0.4, 0.5) is 0 Å². The van der Waals surface area contributed by atoms with Gasteiger partial charge in [0.05, 0.1) is 11.2 Å². The van der Waals surface area contributed by atoms with Gasteiger partial charge in [0, 0.05) is 10.6 Å². The number of aryl methyl sites for hydroxylation is 2. The number of hydrogen-bond donors (Lipinski definition) is 0. The zero-order valence-electron chi connectivity index (χ0n) is 7.07. The molecule has 1 rings (SSSR count). The van der Waals surface area contributed by atoms with Crippen LogP contribution in [0.25, 0.3) is 0 Å². The summed E-state index contributed by atoms with van der Waals surface area (Å²) in [6.07, 6.45) is 0.590. The van der Waals surface area contributed by atoms with E-state index in [2.05, 4.69) is 4.98 Å². The Morgan fingerprint density at radius 2 is 2.42 bits per heavy atom. The van der Waals surface area contributed by atoms with Gasteiger partial charge in [-0.05, 0) is 13.3 Å². The molecule has 0 amide bonds. The molecule has 1 unspecified atom stereocenters. The standard InChI is InChI=1S/C6H9NO2S2.Na/c1-5-6(10-4-7-5)2-3-11(8)9;/h4H,2-3H2,1H3,(H,8,9);/q;+1/p-1. The van der Waals surface area contributed by atoms with Crippen LogP contribution in [-0.2, 0) is 17.5 Å². The minimum absolute atomic E-state index is 0. The first-order valence-electron chi connectivity index (χ1n) is 3.15. The monoisotopic (exact) mass is 213 g/mol. The minimum atomic E-state index is -1.93. The molecule has 0 N–H and O–H groups in total. The molecule has 0 aliphatic carbocycles. The maximum atomic E-state index is 10.2. The SMILES string of the molecule is Cc1ncsc1CCS(=O)[O-].[Na+]. The largest absolute Gasteiger partial charge is 1.00 e. The fourth-order valence-electron chi connectivity index (χ4n) is 0.742. The van der Waals surface area contributed by atoms with Gasteiger partial charge in [-0.3, -0.25) is 4.21 Å². The molecule has 12 heavy (non-hydrogen) atoms. The normalized spacial score (nSPS) is 12.2. The van der Waals surface area contributed by atoms with Gasteiger partial charge in [-0.2, -0.15) is 0 Å². The van der Waals surface area contributed by atoms with Gasteiger partial charge >= 0.3 is 29.6 Å². The third-order valence-corrected chi connectivity index (χ3v) is 2.87. The van der Waals surface area contributed by atoms with Gasteiger partial charge in [0.2, 0.25) is 0 Å². The summed E-state index contributed by atoms with van der Waals surface area (Å²) in [5.74, 6) is 0.197. The summed E-state index contributed by atoms with van der Waals surface area (Å²) in [6.45, 7) is 1.89. The quantitative estimate of drug-likeness (QED) is 0.426. The maximum Gasteiger partial charge on any atom is 1.00 e. The molecule has 0 aliphatic heterocycles. The molecule has 0 spiro atoms. The average Bonchev–Trinajstić information content (AvgIpc) is 2.31. The maximum absolute atomic E-state index is 10.2. The van der Waals surface area contributed by atoms with Crippen LogP contribution in [0, 0.1) is 6.92 Å². The van der Waals surface area contributed by atoms with E-state index in [1.807, 2.05) is 6.92 Å². The van der Waals surface area contributed by atoms with Crippen LogP contribution in [0.2, 0.25) is 0 Å². The van der Waals surface area contributed by atoms with E-state index in [9.17, 15) is 8.76 Å². The van der Waals surface area contributed by atoms with Gasteiger partial charge in [-0.1, -0.05) is 11.1 Å². The van der Waals surface area contributed by atoms with Crippen LogP contribution in [0.3, 0.4) is 0 Å². The van der Waals surface area contributed by atoms with Crippen molar-refractivity contribution in [3.05, 3.63) is 16.1 Å². The molecule has 1 atom stereocenters. The Bertz CT molecular complexity index is 264. The van der Waals surface area contributed by atoms with E-state index in [0.29, 0.717) is 6.42 Å². The first kappa shape index (κ1) is 12.7. The van der Waals surface area contributed by atoms with Crippen molar-refractivity contribution in [1.29, 1.82) is 0 Å². The molecular weight excluding hydrogens is 205 g/mol. The molecule has 3 nitrogen and oxygen atoms in total. The summed E-state index contributed by atoms with van der Waals surface area (Å²) in [6, 6.07) is 0. The molecule has 0 saturated carbocycles. The van der Waals surface area contributed by atoms with Crippen LogP contribution in [-0.4, -0.2) is 19.5 Å². The van der Waals surface area contributed by atoms with Crippen molar-refractivity contribution in [2.75, 3.05) is 5.75 Å². The molecule has 1 aromatic rings. The predicted molar refractivity (Wildman–Crippen MR) is 44.3 cm³/mol. The van der Waals surface area contributed by atoms with Gasteiger partial charge in [-0.15, -0.1) is 11.3 Å². The Morgan fingerprint density at radius 1 is 1.75 bits per heavy atom. The van der Waals surface area contributed by atoms with Gasteiger partial charge in [-0.25, -0.2) is 4.98 Å². The first-order valence-corrected chi connectivity index (χ1v) is 5.27. The molecule has 62 valence electrons. The minimum Gasteiger partial charge on any atom is -0.772 e. The number of rotatable bonds is 3. The fraction of sp³-hybridized carbons (Fsp3) is 0.500. The number of hydrogen-bond acceptors (Lipinski definition) is 4. The van der Waals surface area contributed by atoms with Crippen LogP contribution < -0.4 is 29.6 Å². The second-order valence-electron chi connectivity index (χ2n) is 2.12. The summed E-state index contributed by atoms with van der Waals surface area (Å²) in [4.78, 5) is 5.08. The summed E-state index contributed by atoms with van der Waals surface area (Å²) in [5, 5.41) is 0. The van der Waals surface area contributed by atoms with E-state index < -0.39 is 11.1 Å². The molecular formula is C6H8NNaO2S2. The zero-order chi connectivity index (χ0) is 8.27. The van der Waals surface area contributed by atoms with Crippen molar-refractivity contribution < 1.29 is 38.3 Å². The summed E-state index contributed by atoms with van der Waals surface area (Å²) >= 11 is -0.422. The second kappa shape index (κ2) is 6.23. The topological polar surface area (TPSA) is 53.0 Å². The first-order chi connectivity index (χ1) is 5.20. The molecule has 1 heterocycles. The average molecular weight is 213 g/mol. The van der Waals surface area contributed by atoms with Crippen molar-refractivity contribution >= 4 is 22.4 Å². The van der Waals surface area contributed by atoms with Crippen LogP contribution in [0.5, 0.6) is 0 Å². The van der Waals surface area contributed by atoms with E-state index in [0.717, 1.165) is 10.6 Å². The predicted octanol–water partition coefficient (Wildman–Crippen LogP) is -2.12. The van der Waals surface area contributed by atoms with Gasteiger partial charge in [0.25, 0.3) is 0 Å². The summed E-state index contributed by atoms with van der Waals surface area (Å²) < 4.78 is 20.4. The van der Waals surface area contributed by atoms with Crippen LogP contribution in [0.1, 0.15) is 10.6 Å². The van der Waals surface area contributed by atoms with Crippen LogP contribution >= 0.6 is 11.3 Å². The Kier molecular flexibility index (Phi) is 6.62. The van der Waals surface area contributed by atoms with E-state index in [-0.39, 0.29) is 35.3 Å². The van der Waals surface area contributed by atoms with Crippen LogP contribution in [0.15, 0.2) is 5.51 Å². The van der Waals surface area contributed by atoms with E-state index in [1.165, 1.54) is 11.3 Å². The number of thiazole rings is 1. The smallest absolute Gasteiger partial charge is 0.772 e. The molecule has 0 bridgehead atoms. The zero-order valence-corrected chi connectivity index (χ0v) is 10.7. The molecule has 0 saturated heterocycles. The molecule has 6 heteroatoms. The number of nitrogens with zero attached hydrogens (tertiary/aromatic N) is 1. The van der Waals surface area contributed by atoms with E-state index in [1.54, 1.807) is 5.51 Å². The Hall–Kier alpha value is 0.740. The van der Waals surface area contributed by atoms with Crippen molar-refractivity contribution in [3.63, 3.8) is 0 Å². The molecule has 0 aliphatic rings. The Morgan fingerprint density at radius 3 is 2.83 bits per heavy atom. The molecule has 1 aromatic heterocycles. The summed E-state index contributed by atoms with van der Waals surface area (Å²) in [7, 11) is 0. The molecule has 0 radical (unpaired) electrons. The molecule has 0 aromatic carbocycles.